The summed E-state index contributed by atoms with van der Waals surface area (Å²) in [5.74, 6) is 0.360. The van der Waals surface area contributed by atoms with Crippen LogP contribution in [0.25, 0.3) is 0 Å². The molecular weight excluding hydrogens is 264 g/mol. The van der Waals surface area contributed by atoms with Crippen LogP contribution in [0.3, 0.4) is 0 Å². The number of halogens is 1. The Hall–Kier alpha value is -1.26. The van der Waals surface area contributed by atoms with Crippen LogP contribution in [0.15, 0.2) is 18.2 Å². The maximum absolute atomic E-state index is 12.3. The van der Waals surface area contributed by atoms with E-state index in [0.29, 0.717) is 28.7 Å². The van der Waals surface area contributed by atoms with Gasteiger partial charge in [-0.1, -0.05) is 11.6 Å². The number of carbonyl (C=O) groups excluding carboxylic acids is 1. The van der Waals surface area contributed by atoms with Crippen LogP contribution in [0.5, 0.6) is 0 Å². The summed E-state index contributed by atoms with van der Waals surface area (Å²) < 4.78 is 5.43. The summed E-state index contributed by atoms with van der Waals surface area (Å²) in [6, 6.07) is 4.93. The molecule has 0 spiro atoms. The molecular formula is C14H19ClN2O2. The van der Waals surface area contributed by atoms with E-state index in [4.69, 9.17) is 22.1 Å². The maximum Gasteiger partial charge on any atom is 0.253 e. The molecule has 1 aliphatic heterocycles. The summed E-state index contributed by atoms with van der Waals surface area (Å²) >= 11 is 5.92. The molecule has 1 aromatic rings. The van der Waals surface area contributed by atoms with E-state index in [1.165, 1.54) is 0 Å². The number of carbonyl (C=O) groups is 1. The third kappa shape index (κ3) is 3.85. The third-order valence-electron chi connectivity index (χ3n) is 3.30. The standard InChI is InChI=1S/C14H19ClN2O2/c1-17(8-10-3-2-4-19-9-10)14(18)11-5-12(15)7-13(16)6-11/h5-7,10H,2-4,8-9,16H2,1H3. The molecule has 0 bridgehead atoms. The van der Waals surface area contributed by atoms with E-state index in [1.54, 1.807) is 30.1 Å². The molecule has 104 valence electrons. The summed E-state index contributed by atoms with van der Waals surface area (Å²) in [4.78, 5) is 14.0. The van der Waals surface area contributed by atoms with Crippen molar-refractivity contribution in [3.63, 3.8) is 0 Å². The minimum atomic E-state index is -0.0558. The van der Waals surface area contributed by atoms with E-state index in [1.807, 2.05) is 0 Å². The van der Waals surface area contributed by atoms with Crippen molar-refractivity contribution in [1.29, 1.82) is 0 Å². The van der Waals surface area contributed by atoms with Crippen molar-refractivity contribution >= 4 is 23.2 Å². The largest absolute Gasteiger partial charge is 0.399 e. The van der Waals surface area contributed by atoms with Crippen LogP contribution in [-0.2, 0) is 4.74 Å². The zero-order valence-corrected chi connectivity index (χ0v) is 11.8. The zero-order chi connectivity index (χ0) is 13.8. The number of hydrogen-bond donors (Lipinski definition) is 1. The van der Waals surface area contributed by atoms with Crippen LogP contribution in [0, 0.1) is 5.92 Å². The number of nitrogens with zero attached hydrogens (tertiary/aromatic N) is 1. The van der Waals surface area contributed by atoms with Crippen molar-refractivity contribution in [2.45, 2.75) is 12.8 Å². The summed E-state index contributed by atoms with van der Waals surface area (Å²) in [5, 5.41) is 0.484. The Balaban J connectivity index is 2.01. The topological polar surface area (TPSA) is 55.6 Å². The van der Waals surface area contributed by atoms with E-state index in [9.17, 15) is 4.79 Å². The molecule has 1 aromatic carbocycles. The quantitative estimate of drug-likeness (QED) is 0.866. The fourth-order valence-corrected chi connectivity index (χ4v) is 2.62. The number of rotatable bonds is 3. The SMILES string of the molecule is CN(CC1CCCOC1)C(=O)c1cc(N)cc(Cl)c1. The molecule has 1 atom stereocenters. The Kier molecular flexibility index (Phi) is 4.66. The van der Waals surface area contributed by atoms with E-state index < -0.39 is 0 Å². The predicted octanol–water partition coefficient (Wildman–Crippen LogP) is 2.42. The molecule has 0 radical (unpaired) electrons. The van der Waals surface area contributed by atoms with Crippen molar-refractivity contribution in [3.8, 4) is 0 Å². The number of hydrogen-bond acceptors (Lipinski definition) is 3. The molecule has 1 fully saturated rings. The summed E-state index contributed by atoms with van der Waals surface area (Å²) in [5.41, 5.74) is 6.74. The molecule has 1 unspecified atom stereocenters. The molecule has 19 heavy (non-hydrogen) atoms. The van der Waals surface area contributed by atoms with Gasteiger partial charge in [-0.15, -0.1) is 0 Å². The van der Waals surface area contributed by atoms with Crippen LogP contribution in [0.1, 0.15) is 23.2 Å². The summed E-state index contributed by atoms with van der Waals surface area (Å²) in [7, 11) is 1.80. The van der Waals surface area contributed by atoms with Crippen LogP contribution < -0.4 is 5.73 Å². The highest BCUT2D eigenvalue weighted by atomic mass is 35.5. The fourth-order valence-electron chi connectivity index (χ4n) is 2.38. The molecule has 1 heterocycles. The first-order valence-corrected chi connectivity index (χ1v) is 6.83. The van der Waals surface area contributed by atoms with Crippen molar-refractivity contribution in [2.75, 3.05) is 32.5 Å². The first kappa shape index (κ1) is 14.2. The molecule has 0 aromatic heterocycles. The number of nitrogen functional groups attached to an aromatic ring is 1. The second-order valence-corrected chi connectivity index (χ2v) is 5.48. The molecule has 4 nitrogen and oxygen atoms in total. The average Bonchev–Trinajstić information content (AvgIpc) is 2.37. The Morgan fingerprint density at radius 1 is 1.53 bits per heavy atom. The molecule has 1 amide bonds. The highest BCUT2D eigenvalue weighted by molar-refractivity contribution is 6.31. The van der Waals surface area contributed by atoms with Crippen molar-refractivity contribution in [1.82, 2.24) is 4.90 Å². The lowest BCUT2D eigenvalue weighted by Crippen LogP contribution is -2.35. The molecule has 0 aliphatic carbocycles. The predicted molar refractivity (Wildman–Crippen MR) is 76.4 cm³/mol. The van der Waals surface area contributed by atoms with E-state index >= 15 is 0 Å². The van der Waals surface area contributed by atoms with E-state index in [2.05, 4.69) is 0 Å². The van der Waals surface area contributed by atoms with E-state index in [-0.39, 0.29) is 5.91 Å². The number of ether oxygens (including phenoxy) is 1. The number of amides is 1. The first-order chi connectivity index (χ1) is 9.06. The first-order valence-electron chi connectivity index (χ1n) is 6.45. The maximum atomic E-state index is 12.3. The highest BCUT2D eigenvalue weighted by Crippen LogP contribution is 2.19. The highest BCUT2D eigenvalue weighted by Gasteiger charge is 2.20. The van der Waals surface area contributed by atoms with Gasteiger partial charge >= 0.3 is 0 Å². The smallest absolute Gasteiger partial charge is 0.253 e. The van der Waals surface area contributed by atoms with Gasteiger partial charge in [0.1, 0.15) is 0 Å². The monoisotopic (exact) mass is 282 g/mol. The van der Waals surface area contributed by atoms with Gasteiger partial charge in [0.25, 0.3) is 5.91 Å². The second-order valence-electron chi connectivity index (χ2n) is 5.04. The van der Waals surface area contributed by atoms with Gasteiger partial charge in [-0.3, -0.25) is 4.79 Å². The van der Waals surface area contributed by atoms with Crippen molar-refractivity contribution < 1.29 is 9.53 Å². The molecule has 1 aliphatic rings. The van der Waals surface area contributed by atoms with Crippen LogP contribution in [-0.4, -0.2) is 37.6 Å². The number of benzene rings is 1. The third-order valence-corrected chi connectivity index (χ3v) is 3.52. The van der Waals surface area contributed by atoms with Gasteiger partial charge in [0, 0.05) is 36.5 Å². The molecule has 1 saturated heterocycles. The minimum absolute atomic E-state index is 0.0558. The number of nitrogens with two attached hydrogens (primary N) is 1. The molecule has 5 heteroatoms. The molecule has 2 N–H and O–H groups in total. The average molecular weight is 283 g/mol. The van der Waals surface area contributed by atoms with Gasteiger partial charge in [-0.2, -0.15) is 0 Å². The lowest BCUT2D eigenvalue weighted by Gasteiger charge is -2.27. The van der Waals surface area contributed by atoms with Crippen molar-refractivity contribution in [2.24, 2.45) is 5.92 Å². The lowest BCUT2D eigenvalue weighted by molar-refractivity contribution is 0.0388. The second kappa shape index (κ2) is 6.26. The van der Waals surface area contributed by atoms with Crippen LogP contribution in [0.2, 0.25) is 5.02 Å². The van der Waals surface area contributed by atoms with Crippen LogP contribution in [0.4, 0.5) is 5.69 Å². The van der Waals surface area contributed by atoms with E-state index in [0.717, 1.165) is 26.1 Å². The van der Waals surface area contributed by atoms with Gasteiger partial charge in [0.05, 0.1) is 6.61 Å². The Bertz CT molecular complexity index is 439. The number of anilines is 1. The van der Waals surface area contributed by atoms with Crippen molar-refractivity contribution in [3.05, 3.63) is 28.8 Å². The zero-order valence-electron chi connectivity index (χ0n) is 11.1. The minimum Gasteiger partial charge on any atom is -0.399 e. The van der Waals surface area contributed by atoms with Gasteiger partial charge in [0.2, 0.25) is 0 Å². The van der Waals surface area contributed by atoms with Gasteiger partial charge in [-0.05, 0) is 37.0 Å². The van der Waals surface area contributed by atoms with Crippen LogP contribution >= 0.6 is 11.6 Å². The lowest BCUT2D eigenvalue weighted by atomic mass is 10.0. The normalized spacial score (nSPS) is 19.2. The summed E-state index contributed by atoms with van der Waals surface area (Å²) in [6.07, 6.45) is 2.17. The fraction of sp³-hybridized carbons (Fsp3) is 0.500. The molecule has 2 rings (SSSR count). The summed E-state index contributed by atoms with van der Waals surface area (Å²) in [6.45, 7) is 2.26. The Morgan fingerprint density at radius 3 is 2.95 bits per heavy atom. The van der Waals surface area contributed by atoms with Gasteiger partial charge in [0.15, 0.2) is 0 Å². The Labute approximate surface area is 118 Å². The Morgan fingerprint density at radius 2 is 2.32 bits per heavy atom. The van der Waals surface area contributed by atoms with Gasteiger partial charge in [-0.25, -0.2) is 0 Å². The van der Waals surface area contributed by atoms with Gasteiger partial charge < -0.3 is 15.4 Å². The molecule has 0 saturated carbocycles.